The lowest BCUT2D eigenvalue weighted by Crippen LogP contribution is -2.47. The summed E-state index contributed by atoms with van der Waals surface area (Å²) in [5.41, 5.74) is 0.989. The van der Waals surface area contributed by atoms with Gasteiger partial charge in [0.25, 0.3) is 0 Å². The first-order chi connectivity index (χ1) is 8.72. The lowest BCUT2D eigenvalue weighted by Gasteiger charge is -2.35. The third-order valence-electron chi connectivity index (χ3n) is 3.54. The molecular weight excluding hydrogens is 224 g/mol. The normalized spacial score (nSPS) is 19.7. The Morgan fingerprint density at radius 2 is 2.11 bits per heavy atom. The van der Waals surface area contributed by atoms with Crippen LogP contribution < -0.4 is 4.90 Å². The molecule has 2 rings (SSSR count). The molecule has 1 atom stereocenters. The molecule has 0 bridgehead atoms. The number of hydrogen-bond acceptors (Lipinski definition) is 1. The van der Waals surface area contributed by atoms with E-state index in [-0.39, 0.29) is 6.03 Å². The lowest BCUT2D eigenvalue weighted by atomic mass is 10.0. The van der Waals surface area contributed by atoms with Gasteiger partial charge in [-0.05, 0) is 37.8 Å². The highest BCUT2D eigenvalue weighted by Gasteiger charge is 2.25. The van der Waals surface area contributed by atoms with Crippen molar-refractivity contribution in [3.63, 3.8) is 0 Å². The molecule has 0 radical (unpaired) electrons. The van der Waals surface area contributed by atoms with Gasteiger partial charge in [0.15, 0.2) is 0 Å². The number of carbonyl (C=O) groups excluding carboxylic acids is 1. The molecule has 1 fully saturated rings. The third-order valence-corrected chi connectivity index (χ3v) is 3.54. The van der Waals surface area contributed by atoms with Crippen molar-refractivity contribution in [3.8, 4) is 0 Å². The molecule has 18 heavy (non-hydrogen) atoms. The van der Waals surface area contributed by atoms with Gasteiger partial charge in [-0.2, -0.15) is 0 Å². The van der Waals surface area contributed by atoms with Crippen LogP contribution in [0.3, 0.4) is 0 Å². The Morgan fingerprint density at radius 3 is 2.72 bits per heavy atom. The van der Waals surface area contributed by atoms with Gasteiger partial charge in [-0.1, -0.05) is 25.1 Å². The smallest absolute Gasteiger partial charge is 0.324 e. The second-order valence-corrected chi connectivity index (χ2v) is 5.06. The number of urea groups is 1. The highest BCUT2D eigenvalue weighted by molar-refractivity contribution is 5.92. The minimum atomic E-state index is 0.148. The number of likely N-dealkylation sites (tertiary alicyclic amines) is 1. The highest BCUT2D eigenvalue weighted by Crippen LogP contribution is 2.20. The summed E-state index contributed by atoms with van der Waals surface area (Å²) in [6, 6.07) is 10.1. The third kappa shape index (κ3) is 2.84. The van der Waals surface area contributed by atoms with E-state index in [2.05, 4.69) is 6.92 Å². The van der Waals surface area contributed by atoms with E-state index in [4.69, 9.17) is 0 Å². The molecule has 1 unspecified atom stereocenters. The summed E-state index contributed by atoms with van der Waals surface area (Å²) in [6.07, 6.45) is 2.36. The van der Waals surface area contributed by atoms with Crippen molar-refractivity contribution in [2.45, 2.75) is 26.7 Å². The van der Waals surface area contributed by atoms with E-state index in [1.165, 1.54) is 6.42 Å². The molecule has 0 saturated carbocycles. The average Bonchev–Trinajstić information content (AvgIpc) is 2.41. The van der Waals surface area contributed by atoms with Crippen LogP contribution in [0, 0.1) is 5.92 Å². The Morgan fingerprint density at radius 1 is 1.39 bits per heavy atom. The van der Waals surface area contributed by atoms with Gasteiger partial charge in [0.1, 0.15) is 0 Å². The number of piperidine rings is 1. The molecule has 1 heterocycles. The Labute approximate surface area is 109 Å². The molecule has 1 aliphatic heterocycles. The summed E-state index contributed by atoms with van der Waals surface area (Å²) in [6.45, 7) is 6.75. The summed E-state index contributed by atoms with van der Waals surface area (Å²) in [7, 11) is 0. The highest BCUT2D eigenvalue weighted by atomic mass is 16.2. The van der Waals surface area contributed by atoms with Crippen LogP contribution in [0.25, 0.3) is 0 Å². The fourth-order valence-electron chi connectivity index (χ4n) is 2.57. The first-order valence-electron chi connectivity index (χ1n) is 6.84. The quantitative estimate of drug-likeness (QED) is 0.785. The van der Waals surface area contributed by atoms with Crippen molar-refractivity contribution >= 4 is 11.7 Å². The SMILES string of the molecule is CCN(C(=O)N1CCCC(C)C1)c1ccccc1. The van der Waals surface area contributed by atoms with Crippen LogP contribution in [0.15, 0.2) is 30.3 Å². The fraction of sp³-hybridized carbons (Fsp3) is 0.533. The van der Waals surface area contributed by atoms with Gasteiger partial charge in [0, 0.05) is 25.3 Å². The first kappa shape index (κ1) is 12.9. The molecule has 1 saturated heterocycles. The van der Waals surface area contributed by atoms with Gasteiger partial charge >= 0.3 is 6.03 Å². The van der Waals surface area contributed by atoms with Crippen molar-refractivity contribution in [2.24, 2.45) is 5.92 Å². The molecule has 0 N–H and O–H groups in total. The van der Waals surface area contributed by atoms with Crippen molar-refractivity contribution < 1.29 is 4.79 Å². The summed E-state index contributed by atoms with van der Waals surface area (Å²) in [5, 5.41) is 0. The molecule has 1 aliphatic rings. The zero-order valence-corrected chi connectivity index (χ0v) is 11.3. The van der Waals surface area contributed by atoms with Gasteiger partial charge in [-0.3, -0.25) is 4.90 Å². The monoisotopic (exact) mass is 246 g/mol. The number of anilines is 1. The molecule has 0 spiro atoms. The van der Waals surface area contributed by atoms with Crippen LogP contribution in [0.5, 0.6) is 0 Å². The molecule has 1 aromatic carbocycles. The van der Waals surface area contributed by atoms with E-state index in [0.717, 1.165) is 25.2 Å². The summed E-state index contributed by atoms with van der Waals surface area (Å²) in [4.78, 5) is 16.4. The van der Waals surface area contributed by atoms with Crippen LogP contribution >= 0.6 is 0 Å². The van der Waals surface area contributed by atoms with Crippen molar-refractivity contribution in [1.82, 2.24) is 4.90 Å². The van der Waals surface area contributed by atoms with Crippen molar-refractivity contribution in [1.29, 1.82) is 0 Å². The van der Waals surface area contributed by atoms with Gasteiger partial charge in [0.2, 0.25) is 0 Å². The zero-order chi connectivity index (χ0) is 13.0. The fourth-order valence-corrected chi connectivity index (χ4v) is 2.57. The number of para-hydroxylation sites is 1. The summed E-state index contributed by atoms with van der Waals surface area (Å²) in [5.74, 6) is 0.622. The van der Waals surface area contributed by atoms with Gasteiger partial charge in [-0.15, -0.1) is 0 Å². The Kier molecular flexibility index (Phi) is 4.24. The van der Waals surface area contributed by atoms with Gasteiger partial charge in [0.05, 0.1) is 0 Å². The van der Waals surface area contributed by atoms with Crippen LogP contribution in [0.4, 0.5) is 10.5 Å². The van der Waals surface area contributed by atoms with E-state index in [9.17, 15) is 4.79 Å². The standard InChI is InChI=1S/C15H22N2O/c1-3-17(14-9-5-4-6-10-14)15(18)16-11-7-8-13(2)12-16/h4-6,9-10,13H,3,7-8,11-12H2,1-2H3. The van der Waals surface area contributed by atoms with Crippen LogP contribution in [0.1, 0.15) is 26.7 Å². The molecule has 3 nitrogen and oxygen atoms in total. The number of carbonyl (C=O) groups is 1. The van der Waals surface area contributed by atoms with E-state index in [1.807, 2.05) is 47.1 Å². The van der Waals surface area contributed by atoms with Crippen LogP contribution in [0.2, 0.25) is 0 Å². The minimum absolute atomic E-state index is 0.148. The lowest BCUT2D eigenvalue weighted by molar-refractivity contribution is 0.176. The second kappa shape index (κ2) is 5.89. The molecule has 0 aliphatic carbocycles. The van der Waals surface area contributed by atoms with Crippen molar-refractivity contribution in [2.75, 3.05) is 24.5 Å². The maximum absolute atomic E-state index is 12.5. The molecule has 1 aromatic rings. The predicted molar refractivity (Wildman–Crippen MR) is 74.8 cm³/mol. The van der Waals surface area contributed by atoms with E-state index in [1.54, 1.807) is 0 Å². The summed E-state index contributed by atoms with van der Waals surface area (Å²) < 4.78 is 0. The van der Waals surface area contributed by atoms with Crippen LogP contribution in [-0.4, -0.2) is 30.6 Å². The largest absolute Gasteiger partial charge is 0.324 e. The first-order valence-corrected chi connectivity index (χ1v) is 6.84. The van der Waals surface area contributed by atoms with Gasteiger partial charge in [-0.25, -0.2) is 4.79 Å². The van der Waals surface area contributed by atoms with Crippen molar-refractivity contribution in [3.05, 3.63) is 30.3 Å². The summed E-state index contributed by atoms with van der Waals surface area (Å²) >= 11 is 0. The molecule has 98 valence electrons. The zero-order valence-electron chi connectivity index (χ0n) is 11.3. The molecular formula is C15H22N2O. The topological polar surface area (TPSA) is 23.6 Å². The maximum atomic E-state index is 12.5. The van der Waals surface area contributed by atoms with E-state index < -0.39 is 0 Å². The molecule has 0 aromatic heterocycles. The predicted octanol–water partition coefficient (Wildman–Crippen LogP) is 3.36. The maximum Gasteiger partial charge on any atom is 0.324 e. The molecule has 2 amide bonds. The average molecular weight is 246 g/mol. The van der Waals surface area contributed by atoms with E-state index >= 15 is 0 Å². The molecule has 3 heteroatoms. The number of benzene rings is 1. The Hall–Kier alpha value is -1.51. The Bertz CT molecular complexity index is 391. The number of amides is 2. The Balaban J connectivity index is 2.10. The van der Waals surface area contributed by atoms with Gasteiger partial charge < -0.3 is 4.90 Å². The number of nitrogens with zero attached hydrogens (tertiary/aromatic N) is 2. The second-order valence-electron chi connectivity index (χ2n) is 5.06. The number of hydrogen-bond donors (Lipinski definition) is 0. The number of rotatable bonds is 2. The minimum Gasteiger partial charge on any atom is -0.324 e. The van der Waals surface area contributed by atoms with Crippen LogP contribution in [-0.2, 0) is 0 Å². The van der Waals surface area contributed by atoms with E-state index in [0.29, 0.717) is 12.5 Å².